The summed E-state index contributed by atoms with van der Waals surface area (Å²) in [6.45, 7) is 4.65. The Kier molecular flexibility index (Phi) is 2.49. The van der Waals surface area contributed by atoms with Crippen LogP contribution in [0.2, 0.25) is 0 Å². The lowest BCUT2D eigenvalue weighted by Gasteiger charge is -2.52. The summed E-state index contributed by atoms with van der Waals surface area (Å²) < 4.78 is 0. The van der Waals surface area contributed by atoms with E-state index in [0.29, 0.717) is 10.8 Å². The van der Waals surface area contributed by atoms with Gasteiger partial charge in [-0.1, -0.05) is 24.3 Å². The fourth-order valence-electron chi connectivity index (χ4n) is 4.91. The number of rotatable bonds is 0. The van der Waals surface area contributed by atoms with Crippen molar-refractivity contribution in [3.63, 3.8) is 0 Å². The topological polar surface area (TPSA) is 0 Å². The van der Waals surface area contributed by atoms with Crippen molar-refractivity contribution in [3.05, 3.63) is 46.5 Å². The van der Waals surface area contributed by atoms with Crippen LogP contribution in [0.1, 0.15) is 41.5 Å². The van der Waals surface area contributed by atoms with Crippen molar-refractivity contribution in [1.29, 1.82) is 0 Å². The van der Waals surface area contributed by atoms with Crippen molar-refractivity contribution in [3.8, 4) is 0 Å². The molecule has 19 heavy (non-hydrogen) atoms. The smallest absolute Gasteiger partial charge is 0.0151 e. The number of benzene rings is 1. The minimum Gasteiger partial charge on any atom is -0.160 e. The molecule has 0 spiro atoms. The third-order valence-corrected chi connectivity index (χ3v) is 7.42. The van der Waals surface area contributed by atoms with Gasteiger partial charge in [0.15, 0.2) is 0 Å². The van der Waals surface area contributed by atoms with Gasteiger partial charge in [0.1, 0.15) is 0 Å². The van der Waals surface area contributed by atoms with Gasteiger partial charge in [0.05, 0.1) is 0 Å². The molecule has 1 aliphatic heterocycles. The summed E-state index contributed by atoms with van der Waals surface area (Å²) in [5.41, 5.74) is 7.52. The Labute approximate surface area is 120 Å². The summed E-state index contributed by atoms with van der Waals surface area (Å²) in [5, 5.41) is 0. The molecule has 0 saturated carbocycles. The first-order valence-electron chi connectivity index (χ1n) is 7.51. The summed E-state index contributed by atoms with van der Waals surface area (Å²) >= 11 is 2.20. The predicted molar refractivity (Wildman–Crippen MR) is 84.0 cm³/mol. The molecule has 0 N–H and O–H groups in total. The number of hydrogen-bond donors (Lipinski definition) is 0. The summed E-state index contributed by atoms with van der Waals surface area (Å²) in [6.07, 6.45) is 10.2. The maximum Gasteiger partial charge on any atom is 0.0151 e. The number of thioether (sulfide) groups is 1. The van der Waals surface area contributed by atoms with E-state index in [1.54, 1.807) is 16.7 Å². The van der Waals surface area contributed by atoms with Gasteiger partial charge >= 0.3 is 0 Å². The molecule has 2 unspecified atom stereocenters. The van der Waals surface area contributed by atoms with E-state index in [9.17, 15) is 0 Å². The molecule has 3 aliphatic rings. The van der Waals surface area contributed by atoms with Crippen molar-refractivity contribution in [2.75, 3.05) is 11.5 Å². The van der Waals surface area contributed by atoms with Crippen LogP contribution in [0.4, 0.5) is 0 Å². The van der Waals surface area contributed by atoms with Gasteiger partial charge in [-0.3, -0.25) is 0 Å². The molecule has 1 aromatic carbocycles. The Bertz CT molecular complexity index is 571. The zero-order valence-corrected chi connectivity index (χ0v) is 12.8. The van der Waals surface area contributed by atoms with E-state index in [1.807, 2.05) is 0 Å². The molecule has 1 heteroatoms. The number of hydrogen-bond acceptors (Lipinski definition) is 1. The maximum atomic E-state index is 2.46. The fraction of sp³-hybridized carbons (Fsp3) is 0.556. The van der Waals surface area contributed by atoms with E-state index < -0.39 is 0 Å². The summed E-state index contributed by atoms with van der Waals surface area (Å²) in [5.74, 6) is 2.72. The van der Waals surface area contributed by atoms with Gasteiger partial charge in [0.2, 0.25) is 0 Å². The van der Waals surface area contributed by atoms with Gasteiger partial charge in [-0.25, -0.2) is 0 Å². The largest absolute Gasteiger partial charge is 0.160 e. The molecule has 0 bridgehead atoms. The zero-order chi connectivity index (χ0) is 13.1. The van der Waals surface area contributed by atoms with Gasteiger partial charge in [-0.2, -0.15) is 11.8 Å². The average molecular weight is 270 g/mol. The van der Waals surface area contributed by atoms with Crippen molar-refractivity contribution in [2.24, 2.45) is 5.41 Å². The molecular weight excluding hydrogens is 248 g/mol. The second-order valence-electron chi connectivity index (χ2n) is 6.79. The molecule has 0 amide bonds. The molecule has 2 atom stereocenters. The second-order valence-corrected chi connectivity index (χ2v) is 7.77. The first kappa shape index (κ1) is 12.1. The van der Waals surface area contributed by atoms with E-state index in [-0.39, 0.29) is 0 Å². The molecule has 0 nitrogen and oxygen atoms in total. The third-order valence-electron chi connectivity index (χ3n) is 5.97. The Morgan fingerprint density at radius 1 is 1.00 bits per heavy atom. The Balaban J connectivity index is 2.03. The second kappa shape index (κ2) is 3.91. The van der Waals surface area contributed by atoms with Crippen LogP contribution in [0.3, 0.4) is 0 Å². The van der Waals surface area contributed by atoms with E-state index >= 15 is 0 Å². The van der Waals surface area contributed by atoms with Crippen molar-refractivity contribution in [1.82, 2.24) is 0 Å². The monoisotopic (exact) mass is 270 g/mol. The SMILES string of the molecule is Cc1ccc(C)c2c1CCC13CC=CCC21CSC3. The lowest BCUT2D eigenvalue weighted by molar-refractivity contribution is 0.141. The first-order valence-corrected chi connectivity index (χ1v) is 8.66. The summed E-state index contributed by atoms with van der Waals surface area (Å²) in [7, 11) is 0. The highest BCUT2D eigenvalue weighted by molar-refractivity contribution is 7.99. The van der Waals surface area contributed by atoms with E-state index in [4.69, 9.17) is 0 Å². The van der Waals surface area contributed by atoms with E-state index in [0.717, 1.165) is 0 Å². The molecule has 1 aromatic rings. The Hall–Kier alpha value is -0.690. The minimum absolute atomic E-state index is 0.454. The fourth-order valence-corrected chi connectivity index (χ4v) is 6.86. The molecule has 1 fully saturated rings. The lowest BCUT2D eigenvalue weighted by Crippen LogP contribution is -2.50. The van der Waals surface area contributed by atoms with Crippen LogP contribution in [-0.2, 0) is 11.8 Å². The highest BCUT2D eigenvalue weighted by Gasteiger charge is 2.58. The van der Waals surface area contributed by atoms with Gasteiger partial charge in [0, 0.05) is 16.9 Å². The summed E-state index contributed by atoms with van der Waals surface area (Å²) in [4.78, 5) is 0. The average Bonchev–Trinajstić information content (AvgIpc) is 2.82. The van der Waals surface area contributed by atoms with Crippen LogP contribution in [0, 0.1) is 19.3 Å². The number of allylic oxidation sites excluding steroid dienone is 2. The normalized spacial score (nSPS) is 35.7. The van der Waals surface area contributed by atoms with E-state index in [2.05, 4.69) is 49.9 Å². The standard InChI is InChI=1S/C18H22S/c1-13-5-6-14(2)16-15(13)7-10-17-8-3-4-9-18(16,17)12-19-11-17/h3-6H,7-12H2,1-2H3. The van der Waals surface area contributed by atoms with Gasteiger partial charge in [-0.05, 0) is 67.2 Å². The highest BCUT2D eigenvalue weighted by Crippen LogP contribution is 2.63. The number of aryl methyl sites for hydroxylation is 2. The molecule has 2 aliphatic carbocycles. The van der Waals surface area contributed by atoms with Gasteiger partial charge in [-0.15, -0.1) is 0 Å². The molecule has 4 rings (SSSR count). The van der Waals surface area contributed by atoms with Crippen molar-refractivity contribution in [2.45, 2.75) is 44.9 Å². The van der Waals surface area contributed by atoms with Gasteiger partial charge < -0.3 is 0 Å². The van der Waals surface area contributed by atoms with Crippen LogP contribution < -0.4 is 0 Å². The molecule has 0 radical (unpaired) electrons. The minimum atomic E-state index is 0.454. The van der Waals surface area contributed by atoms with Crippen LogP contribution >= 0.6 is 11.8 Å². The van der Waals surface area contributed by atoms with Gasteiger partial charge in [0.25, 0.3) is 0 Å². The molecule has 0 aromatic heterocycles. The molecule has 1 saturated heterocycles. The maximum absolute atomic E-state index is 2.46. The van der Waals surface area contributed by atoms with Crippen molar-refractivity contribution < 1.29 is 0 Å². The Morgan fingerprint density at radius 3 is 2.68 bits per heavy atom. The first-order chi connectivity index (χ1) is 9.19. The van der Waals surface area contributed by atoms with Crippen LogP contribution in [-0.4, -0.2) is 11.5 Å². The quantitative estimate of drug-likeness (QED) is 0.622. The summed E-state index contributed by atoms with van der Waals surface area (Å²) in [6, 6.07) is 4.69. The van der Waals surface area contributed by atoms with Crippen LogP contribution in [0.15, 0.2) is 24.3 Å². The predicted octanol–water partition coefficient (Wildman–Crippen LogP) is 4.57. The lowest BCUT2D eigenvalue weighted by atomic mass is 9.50. The third kappa shape index (κ3) is 1.38. The van der Waals surface area contributed by atoms with Crippen LogP contribution in [0.5, 0.6) is 0 Å². The molecule has 100 valence electrons. The molecular formula is C18H22S. The molecule has 1 heterocycles. The van der Waals surface area contributed by atoms with Crippen molar-refractivity contribution >= 4 is 11.8 Å². The van der Waals surface area contributed by atoms with Crippen LogP contribution in [0.25, 0.3) is 0 Å². The van der Waals surface area contributed by atoms with E-state index in [1.165, 1.54) is 42.8 Å². The number of fused-ring (bicyclic) bond motifs is 1. The Morgan fingerprint density at radius 2 is 1.79 bits per heavy atom. The highest BCUT2D eigenvalue weighted by atomic mass is 32.2. The zero-order valence-electron chi connectivity index (χ0n) is 12.0.